The van der Waals surface area contributed by atoms with Gasteiger partial charge in [0, 0.05) is 6.20 Å². The topological polar surface area (TPSA) is 71.3 Å². The molecule has 0 spiro atoms. The lowest BCUT2D eigenvalue weighted by atomic mass is 10.2. The first-order valence-electron chi connectivity index (χ1n) is 5.72. The Balaban J connectivity index is 2.25. The van der Waals surface area contributed by atoms with Crippen molar-refractivity contribution in [1.82, 2.24) is 9.38 Å². The average Bonchev–Trinajstić information content (AvgIpc) is 3.06. The minimum Gasteiger partial charge on any atom is -0.461 e. The van der Waals surface area contributed by atoms with Crippen molar-refractivity contribution in [3.05, 3.63) is 48.5 Å². The van der Waals surface area contributed by atoms with Gasteiger partial charge in [-0.2, -0.15) is 5.26 Å². The summed E-state index contributed by atoms with van der Waals surface area (Å²) in [5, 5.41) is 8.64. The van der Waals surface area contributed by atoms with Gasteiger partial charge in [-0.1, -0.05) is 6.07 Å². The number of hydrogen-bond donors (Lipinski definition) is 0. The Morgan fingerprint density at radius 1 is 1.37 bits per heavy atom. The molecule has 3 heterocycles. The molecule has 0 aliphatic carbocycles. The van der Waals surface area contributed by atoms with Crippen LogP contribution < -0.4 is 0 Å². The van der Waals surface area contributed by atoms with Crippen molar-refractivity contribution in [2.24, 2.45) is 0 Å². The van der Waals surface area contributed by atoms with Crippen LogP contribution in [0.2, 0.25) is 0 Å². The molecule has 3 aromatic heterocycles. The first-order valence-corrected chi connectivity index (χ1v) is 5.72. The summed E-state index contributed by atoms with van der Waals surface area (Å²) in [6.45, 7) is 0. The molecule has 0 aliphatic rings. The van der Waals surface area contributed by atoms with Crippen LogP contribution in [0, 0.1) is 11.3 Å². The molecule has 0 aliphatic heterocycles. The van der Waals surface area contributed by atoms with Crippen LogP contribution in [0.5, 0.6) is 0 Å². The van der Waals surface area contributed by atoms with Crippen LogP contribution in [-0.2, 0) is 0 Å². The lowest BCUT2D eigenvalue weighted by Gasteiger charge is -1.96. The van der Waals surface area contributed by atoms with Gasteiger partial charge in [-0.25, -0.2) is 4.98 Å². The Bertz CT molecular complexity index is 779. The van der Waals surface area contributed by atoms with Crippen molar-refractivity contribution < 1.29 is 9.21 Å². The summed E-state index contributed by atoms with van der Waals surface area (Å²) >= 11 is 0. The number of nitriles is 1. The number of furan rings is 1. The third-order valence-corrected chi connectivity index (χ3v) is 2.79. The summed E-state index contributed by atoms with van der Waals surface area (Å²) in [4.78, 5) is 16.2. The molecular weight excluding hydrogens is 242 g/mol. The largest absolute Gasteiger partial charge is 0.461 e. The Hall–Kier alpha value is -2.87. The first kappa shape index (κ1) is 11.2. The summed E-state index contributed by atoms with van der Waals surface area (Å²) in [6, 6.07) is 10.9. The van der Waals surface area contributed by atoms with Gasteiger partial charge >= 0.3 is 0 Å². The van der Waals surface area contributed by atoms with Gasteiger partial charge in [0.15, 0.2) is 17.4 Å². The maximum atomic E-state index is 11.9. The number of hydrogen-bond acceptors (Lipinski definition) is 4. The summed E-state index contributed by atoms with van der Waals surface area (Å²) in [6.07, 6.45) is 3.18. The molecule has 92 valence electrons. The highest BCUT2D eigenvalue weighted by molar-refractivity contribution is 6.02. The highest BCUT2D eigenvalue weighted by atomic mass is 16.3. The van der Waals surface area contributed by atoms with E-state index in [1.165, 1.54) is 0 Å². The Morgan fingerprint density at radius 2 is 2.26 bits per heavy atom. The van der Waals surface area contributed by atoms with Crippen molar-refractivity contribution >= 4 is 11.3 Å². The van der Waals surface area contributed by atoms with Crippen LogP contribution in [0.15, 0.2) is 47.2 Å². The van der Waals surface area contributed by atoms with Crippen molar-refractivity contribution in [1.29, 1.82) is 5.26 Å². The van der Waals surface area contributed by atoms with Crippen LogP contribution >= 0.6 is 0 Å². The van der Waals surface area contributed by atoms with Crippen molar-refractivity contribution in [2.75, 3.05) is 0 Å². The summed E-state index contributed by atoms with van der Waals surface area (Å²) in [5.74, 6) is 0.850. The lowest BCUT2D eigenvalue weighted by Crippen LogP contribution is -1.98. The van der Waals surface area contributed by atoms with Crippen LogP contribution in [0.4, 0.5) is 0 Å². The van der Waals surface area contributed by atoms with E-state index >= 15 is 0 Å². The Morgan fingerprint density at radius 3 is 3.00 bits per heavy atom. The van der Waals surface area contributed by atoms with Crippen molar-refractivity contribution in [2.45, 2.75) is 6.42 Å². The third-order valence-electron chi connectivity index (χ3n) is 2.79. The highest BCUT2D eigenvalue weighted by Crippen LogP contribution is 2.23. The van der Waals surface area contributed by atoms with Gasteiger partial charge in [0.25, 0.3) is 0 Å². The Kier molecular flexibility index (Phi) is 2.62. The summed E-state index contributed by atoms with van der Waals surface area (Å²) in [5.41, 5.74) is 0.975. The molecule has 0 aromatic carbocycles. The lowest BCUT2D eigenvalue weighted by molar-refractivity contribution is 0.0995. The zero-order valence-electron chi connectivity index (χ0n) is 9.91. The van der Waals surface area contributed by atoms with E-state index in [9.17, 15) is 4.79 Å². The third kappa shape index (κ3) is 1.79. The second kappa shape index (κ2) is 4.42. The molecule has 0 unspecified atom stereocenters. The van der Waals surface area contributed by atoms with Gasteiger partial charge in [0.05, 0.1) is 17.8 Å². The van der Waals surface area contributed by atoms with Gasteiger partial charge in [-0.3, -0.25) is 9.20 Å². The number of pyridine rings is 1. The van der Waals surface area contributed by atoms with Crippen molar-refractivity contribution in [3.8, 4) is 17.7 Å². The highest BCUT2D eigenvalue weighted by Gasteiger charge is 2.18. The standard InChI is InChI=1S/C14H9N3O2/c15-7-6-11(18)13-10-4-1-2-8-17(10)14(16-13)12-5-3-9-19-12/h1-5,8-9H,6H2. The molecule has 0 fully saturated rings. The fraction of sp³-hybridized carbons (Fsp3) is 0.0714. The molecule has 3 rings (SSSR count). The van der Waals surface area contributed by atoms with E-state index in [-0.39, 0.29) is 12.2 Å². The minimum absolute atomic E-state index is 0.181. The molecule has 5 heteroatoms. The van der Waals surface area contributed by atoms with Gasteiger partial charge in [0.2, 0.25) is 0 Å². The molecule has 5 nitrogen and oxygen atoms in total. The normalized spacial score (nSPS) is 10.5. The number of rotatable bonds is 3. The molecular formula is C14H9N3O2. The van der Waals surface area contributed by atoms with Crippen LogP contribution in [0.3, 0.4) is 0 Å². The molecule has 0 radical (unpaired) electrons. The first-order chi connectivity index (χ1) is 9.31. The number of Topliss-reactive ketones (excluding diaryl/α,β-unsaturated/α-hetero) is 1. The van der Waals surface area contributed by atoms with Crippen molar-refractivity contribution in [3.63, 3.8) is 0 Å². The molecule has 0 N–H and O–H groups in total. The number of ketones is 1. The van der Waals surface area contributed by atoms with E-state index in [1.807, 2.05) is 24.4 Å². The van der Waals surface area contributed by atoms with E-state index < -0.39 is 0 Å². The van der Waals surface area contributed by atoms with Gasteiger partial charge in [-0.15, -0.1) is 0 Å². The van der Waals surface area contributed by atoms with Crippen LogP contribution in [-0.4, -0.2) is 15.2 Å². The quantitative estimate of drug-likeness (QED) is 0.671. The molecule has 19 heavy (non-hydrogen) atoms. The minimum atomic E-state index is -0.288. The maximum Gasteiger partial charge on any atom is 0.197 e. The molecule has 3 aromatic rings. The number of imidazole rings is 1. The van der Waals surface area contributed by atoms with E-state index in [2.05, 4.69) is 4.98 Å². The van der Waals surface area contributed by atoms with Crippen LogP contribution in [0.25, 0.3) is 17.1 Å². The molecule has 0 saturated carbocycles. The number of aromatic nitrogens is 2. The second-order valence-corrected chi connectivity index (χ2v) is 3.98. The maximum absolute atomic E-state index is 11.9. The summed E-state index contributed by atoms with van der Waals surface area (Å²) < 4.78 is 7.10. The second-order valence-electron chi connectivity index (χ2n) is 3.98. The number of carbonyl (C=O) groups excluding carboxylic acids is 1. The smallest absolute Gasteiger partial charge is 0.197 e. The van der Waals surface area contributed by atoms with Gasteiger partial charge in [0.1, 0.15) is 12.1 Å². The predicted octanol–water partition coefficient (Wildman–Crippen LogP) is 2.69. The molecule has 0 amide bonds. The summed E-state index contributed by atoms with van der Waals surface area (Å²) in [7, 11) is 0. The molecule has 0 saturated heterocycles. The number of carbonyl (C=O) groups is 1. The average molecular weight is 251 g/mol. The van der Waals surface area contributed by atoms with Gasteiger partial charge in [-0.05, 0) is 24.3 Å². The monoisotopic (exact) mass is 251 g/mol. The molecule has 0 bridgehead atoms. The predicted molar refractivity (Wildman–Crippen MR) is 67.5 cm³/mol. The number of nitrogens with zero attached hydrogens (tertiary/aromatic N) is 3. The van der Waals surface area contributed by atoms with E-state index in [1.54, 1.807) is 28.9 Å². The SMILES string of the molecule is N#CCC(=O)c1nc(-c2ccco2)n2ccccc12. The number of fused-ring (bicyclic) bond motifs is 1. The fourth-order valence-corrected chi connectivity index (χ4v) is 1.98. The zero-order valence-corrected chi connectivity index (χ0v) is 9.91. The fourth-order valence-electron chi connectivity index (χ4n) is 1.98. The van der Waals surface area contributed by atoms with Crippen LogP contribution in [0.1, 0.15) is 16.9 Å². The van der Waals surface area contributed by atoms with E-state index in [0.29, 0.717) is 22.8 Å². The Labute approximate surface area is 108 Å². The zero-order chi connectivity index (χ0) is 13.2. The molecule has 0 atom stereocenters. The van der Waals surface area contributed by atoms with Gasteiger partial charge < -0.3 is 4.42 Å². The van der Waals surface area contributed by atoms with E-state index in [0.717, 1.165) is 0 Å². The van der Waals surface area contributed by atoms with E-state index in [4.69, 9.17) is 9.68 Å².